The van der Waals surface area contributed by atoms with Crippen molar-refractivity contribution in [3.63, 3.8) is 0 Å². The molecule has 0 aliphatic carbocycles. The van der Waals surface area contributed by atoms with E-state index >= 15 is 0 Å². The molecule has 4 heteroatoms. The van der Waals surface area contributed by atoms with Gasteiger partial charge in [-0.3, -0.25) is 0 Å². The van der Waals surface area contributed by atoms with Crippen molar-refractivity contribution < 1.29 is 9.84 Å². The van der Waals surface area contributed by atoms with Crippen molar-refractivity contribution in [1.82, 2.24) is 4.98 Å². The van der Waals surface area contributed by atoms with E-state index in [2.05, 4.69) is 23.7 Å². The molecule has 17 heavy (non-hydrogen) atoms. The number of pyridine rings is 1. The first-order valence-electron chi connectivity index (χ1n) is 6.01. The molecule has 1 aromatic heterocycles. The average molecular weight is 236 g/mol. The minimum Gasteiger partial charge on any atom is -0.389 e. The maximum atomic E-state index is 9.58. The maximum absolute atomic E-state index is 9.58. The molecule has 1 aliphatic rings. The van der Waals surface area contributed by atoms with Gasteiger partial charge in [0.2, 0.25) is 0 Å². The number of aliphatic hydroxyl groups excluding tert-OH is 1. The van der Waals surface area contributed by atoms with Gasteiger partial charge in [-0.1, -0.05) is 0 Å². The molecular formula is C13H20N2O2. The summed E-state index contributed by atoms with van der Waals surface area (Å²) in [7, 11) is 0. The summed E-state index contributed by atoms with van der Waals surface area (Å²) in [4.78, 5) is 6.57. The number of nitrogens with zero attached hydrogens (tertiary/aromatic N) is 2. The highest BCUT2D eigenvalue weighted by Crippen LogP contribution is 2.23. The average Bonchev–Trinajstić information content (AvgIpc) is 2.28. The molecule has 1 atom stereocenters. The fourth-order valence-electron chi connectivity index (χ4n) is 2.08. The molecule has 0 saturated carbocycles. The van der Waals surface area contributed by atoms with Gasteiger partial charge in [0.1, 0.15) is 5.82 Å². The SMILES string of the molecule is CC(O)c1ccnc(N2CCOC(C)(C)C2)c1. The van der Waals surface area contributed by atoms with Crippen molar-refractivity contribution in [3.05, 3.63) is 23.9 Å². The summed E-state index contributed by atoms with van der Waals surface area (Å²) < 4.78 is 5.68. The molecule has 4 nitrogen and oxygen atoms in total. The van der Waals surface area contributed by atoms with Crippen LogP contribution in [0.4, 0.5) is 5.82 Å². The lowest BCUT2D eigenvalue weighted by Gasteiger charge is -2.38. The molecule has 1 saturated heterocycles. The van der Waals surface area contributed by atoms with Gasteiger partial charge in [0.25, 0.3) is 0 Å². The Bertz CT molecular complexity index is 391. The molecule has 0 amide bonds. The summed E-state index contributed by atoms with van der Waals surface area (Å²) in [6, 6.07) is 3.80. The van der Waals surface area contributed by atoms with Gasteiger partial charge in [-0.05, 0) is 38.5 Å². The number of anilines is 1. The van der Waals surface area contributed by atoms with Crippen LogP contribution in [-0.4, -0.2) is 35.4 Å². The summed E-state index contributed by atoms with van der Waals surface area (Å²) in [6.45, 7) is 8.31. The lowest BCUT2D eigenvalue weighted by molar-refractivity contribution is -0.0279. The Morgan fingerprint density at radius 2 is 2.29 bits per heavy atom. The van der Waals surface area contributed by atoms with Crippen LogP contribution in [0.2, 0.25) is 0 Å². The van der Waals surface area contributed by atoms with Gasteiger partial charge in [-0.15, -0.1) is 0 Å². The molecule has 1 unspecified atom stereocenters. The van der Waals surface area contributed by atoms with Crippen LogP contribution < -0.4 is 4.90 Å². The predicted octanol–water partition coefficient (Wildman–Crippen LogP) is 1.75. The second-order valence-electron chi connectivity index (χ2n) is 5.15. The summed E-state index contributed by atoms with van der Waals surface area (Å²) in [5, 5.41) is 9.58. The van der Waals surface area contributed by atoms with Crippen molar-refractivity contribution in [3.8, 4) is 0 Å². The smallest absolute Gasteiger partial charge is 0.129 e. The molecular weight excluding hydrogens is 216 g/mol. The minimum atomic E-state index is -0.453. The van der Waals surface area contributed by atoms with Gasteiger partial charge < -0.3 is 14.7 Å². The summed E-state index contributed by atoms with van der Waals surface area (Å²) >= 11 is 0. The number of aromatic nitrogens is 1. The van der Waals surface area contributed by atoms with E-state index in [-0.39, 0.29) is 5.60 Å². The number of hydrogen-bond acceptors (Lipinski definition) is 4. The van der Waals surface area contributed by atoms with E-state index in [9.17, 15) is 5.11 Å². The zero-order valence-corrected chi connectivity index (χ0v) is 10.7. The molecule has 0 bridgehead atoms. The topological polar surface area (TPSA) is 45.6 Å². The van der Waals surface area contributed by atoms with Crippen LogP contribution in [0.3, 0.4) is 0 Å². The van der Waals surface area contributed by atoms with Crippen LogP contribution in [-0.2, 0) is 4.74 Å². The van der Waals surface area contributed by atoms with E-state index in [1.165, 1.54) is 0 Å². The van der Waals surface area contributed by atoms with Crippen molar-refractivity contribution in [2.24, 2.45) is 0 Å². The predicted molar refractivity (Wildman–Crippen MR) is 67.1 cm³/mol. The lowest BCUT2D eigenvalue weighted by atomic mass is 10.1. The Kier molecular flexibility index (Phi) is 3.35. The Balaban J connectivity index is 2.19. The monoisotopic (exact) mass is 236 g/mol. The fraction of sp³-hybridized carbons (Fsp3) is 0.615. The van der Waals surface area contributed by atoms with E-state index in [1.54, 1.807) is 13.1 Å². The second kappa shape index (κ2) is 4.63. The van der Waals surface area contributed by atoms with Crippen molar-refractivity contribution in [1.29, 1.82) is 0 Å². The van der Waals surface area contributed by atoms with E-state index in [4.69, 9.17) is 4.74 Å². The highest BCUT2D eigenvalue weighted by molar-refractivity contribution is 5.42. The van der Waals surface area contributed by atoms with Gasteiger partial charge in [0, 0.05) is 19.3 Å². The van der Waals surface area contributed by atoms with Crippen LogP contribution in [0.15, 0.2) is 18.3 Å². The third-order valence-corrected chi connectivity index (χ3v) is 3.00. The molecule has 1 aromatic rings. The number of rotatable bonds is 2. The van der Waals surface area contributed by atoms with Crippen LogP contribution in [0, 0.1) is 0 Å². The third kappa shape index (κ3) is 2.96. The zero-order chi connectivity index (χ0) is 12.5. The number of aliphatic hydroxyl groups is 1. The standard InChI is InChI=1S/C13H20N2O2/c1-10(16)11-4-5-14-12(8-11)15-6-7-17-13(2,3)9-15/h4-5,8,10,16H,6-7,9H2,1-3H3. The maximum Gasteiger partial charge on any atom is 0.129 e. The zero-order valence-electron chi connectivity index (χ0n) is 10.7. The molecule has 0 spiro atoms. The molecule has 0 radical (unpaired) electrons. The summed E-state index contributed by atoms with van der Waals surface area (Å²) in [5.41, 5.74) is 0.764. The Hall–Kier alpha value is -1.13. The minimum absolute atomic E-state index is 0.138. The molecule has 1 N–H and O–H groups in total. The van der Waals surface area contributed by atoms with Gasteiger partial charge in [-0.25, -0.2) is 4.98 Å². The van der Waals surface area contributed by atoms with E-state index in [0.29, 0.717) is 6.61 Å². The molecule has 2 heterocycles. The Morgan fingerprint density at radius 1 is 1.53 bits per heavy atom. The number of hydrogen-bond donors (Lipinski definition) is 1. The number of morpholine rings is 1. The van der Waals surface area contributed by atoms with Crippen molar-refractivity contribution in [2.45, 2.75) is 32.5 Å². The van der Waals surface area contributed by atoms with Gasteiger partial charge in [0.15, 0.2) is 0 Å². The summed E-state index contributed by atoms with van der Waals surface area (Å²) in [5.74, 6) is 0.916. The van der Waals surface area contributed by atoms with Gasteiger partial charge >= 0.3 is 0 Å². The Morgan fingerprint density at radius 3 is 2.94 bits per heavy atom. The molecule has 1 fully saturated rings. The second-order valence-corrected chi connectivity index (χ2v) is 5.15. The van der Waals surface area contributed by atoms with Crippen LogP contribution >= 0.6 is 0 Å². The van der Waals surface area contributed by atoms with Gasteiger partial charge in [0.05, 0.1) is 18.3 Å². The van der Waals surface area contributed by atoms with Crippen molar-refractivity contribution >= 4 is 5.82 Å². The van der Waals surface area contributed by atoms with E-state index in [0.717, 1.165) is 24.5 Å². The van der Waals surface area contributed by atoms with Crippen molar-refractivity contribution in [2.75, 3.05) is 24.6 Å². The van der Waals surface area contributed by atoms with Crippen LogP contribution in [0.25, 0.3) is 0 Å². The summed E-state index contributed by atoms with van der Waals surface area (Å²) in [6.07, 6.45) is 1.30. The molecule has 0 aromatic carbocycles. The van der Waals surface area contributed by atoms with E-state index < -0.39 is 6.10 Å². The number of ether oxygens (including phenoxy) is 1. The highest BCUT2D eigenvalue weighted by Gasteiger charge is 2.27. The normalized spacial score (nSPS) is 21.3. The fourth-order valence-corrected chi connectivity index (χ4v) is 2.08. The molecule has 1 aliphatic heterocycles. The first-order valence-corrected chi connectivity index (χ1v) is 6.01. The molecule has 2 rings (SSSR count). The quantitative estimate of drug-likeness (QED) is 0.849. The lowest BCUT2D eigenvalue weighted by Crippen LogP contribution is -2.48. The van der Waals surface area contributed by atoms with Gasteiger partial charge in [-0.2, -0.15) is 0 Å². The first kappa shape index (κ1) is 12.3. The first-order chi connectivity index (χ1) is 7.98. The van der Waals surface area contributed by atoms with E-state index in [1.807, 2.05) is 12.1 Å². The highest BCUT2D eigenvalue weighted by atomic mass is 16.5. The largest absolute Gasteiger partial charge is 0.389 e. The van der Waals surface area contributed by atoms with Crippen LogP contribution in [0.5, 0.6) is 0 Å². The Labute approximate surface area is 102 Å². The molecule has 94 valence electrons. The third-order valence-electron chi connectivity index (χ3n) is 3.00. The van der Waals surface area contributed by atoms with Crippen LogP contribution in [0.1, 0.15) is 32.4 Å².